The summed E-state index contributed by atoms with van der Waals surface area (Å²) >= 11 is 7.39. The molecule has 2 aromatic carbocycles. The van der Waals surface area contributed by atoms with Crippen molar-refractivity contribution in [2.75, 3.05) is 4.90 Å². The number of aryl methyl sites for hydroxylation is 2. The summed E-state index contributed by atoms with van der Waals surface area (Å²) in [7, 11) is 0. The first-order chi connectivity index (χ1) is 15.6. The number of thiocarbonyl (C=S) groups is 1. The smallest absolute Gasteiger partial charge is 0.174 e. The number of rotatable bonds is 5. The lowest BCUT2D eigenvalue weighted by atomic mass is 10.0. The van der Waals surface area contributed by atoms with Crippen molar-refractivity contribution < 1.29 is 4.42 Å². The Morgan fingerprint density at radius 1 is 0.906 bits per heavy atom. The van der Waals surface area contributed by atoms with Gasteiger partial charge in [-0.3, -0.25) is 4.98 Å². The molecule has 1 saturated heterocycles. The fraction of sp³-hybridized carbons (Fsp3) is 0.154. The third-order valence-electron chi connectivity index (χ3n) is 5.54. The Bertz CT molecular complexity index is 1220. The molecule has 32 heavy (non-hydrogen) atoms. The molecule has 4 nitrogen and oxygen atoms in total. The second kappa shape index (κ2) is 8.81. The van der Waals surface area contributed by atoms with E-state index in [9.17, 15) is 0 Å². The Kier molecular flexibility index (Phi) is 5.72. The van der Waals surface area contributed by atoms with E-state index in [1.165, 1.54) is 11.1 Å². The standard InChI is InChI=1S/C26H23N3OS2/c1-17-6-10-19(11-7-17)29-25(24(28-26(29)31)21-5-3-4-16-27-21)22-14-15-23(30-22)32-20-12-8-18(2)9-13-20/h3-16,24-25H,1-2H3,(H,28,31)/t24-,25+/m1/s1. The zero-order chi connectivity index (χ0) is 22.1. The third-order valence-corrected chi connectivity index (χ3v) is 6.79. The van der Waals surface area contributed by atoms with Crippen LogP contribution in [0.2, 0.25) is 0 Å². The highest BCUT2D eigenvalue weighted by Gasteiger charge is 2.42. The van der Waals surface area contributed by atoms with Crippen LogP contribution in [-0.2, 0) is 0 Å². The van der Waals surface area contributed by atoms with Crippen LogP contribution in [0, 0.1) is 13.8 Å². The van der Waals surface area contributed by atoms with Crippen molar-refractivity contribution in [2.45, 2.75) is 35.9 Å². The molecule has 0 bridgehead atoms. The van der Waals surface area contributed by atoms with Gasteiger partial charge in [0.25, 0.3) is 0 Å². The molecule has 160 valence electrons. The van der Waals surface area contributed by atoms with Crippen molar-refractivity contribution in [3.8, 4) is 0 Å². The van der Waals surface area contributed by atoms with Crippen molar-refractivity contribution in [2.24, 2.45) is 0 Å². The van der Waals surface area contributed by atoms with Gasteiger partial charge in [0.05, 0.1) is 11.7 Å². The van der Waals surface area contributed by atoms with E-state index in [1.54, 1.807) is 11.8 Å². The van der Waals surface area contributed by atoms with Crippen LogP contribution in [0.15, 0.2) is 99.5 Å². The third kappa shape index (κ3) is 4.16. The van der Waals surface area contributed by atoms with Crippen molar-refractivity contribution in [1.29, 1.82) is 0 Å². The van der Waals surface area contributed by atoms with Crippen molar-refractivity contribution in [3.63, 3.8) is 0 Å². The van der Waals surface area contributed by atoms with Crippen LogP contribution in [-0.4, -0.2) is 10.1 Å². The first-order valence-corrected chi connectivity index (χ1v) is 11.7. The van der Waals surface area contributed by atoms with Crippen molar-refractivity contribution >= 4 is 34.8 Å². The number of benzene rings is 2. The summed E-state index contributed by atoms with van der Waals surface area (Å²) in [5, 5.41) is 4.99. The van der Waals surface area contributed by atoms with Crippen LogP contribution in [0.4, 0.5) is 5.69 Å². The number of nitrogens with one attached hydrogen (secondary N) is 1. The van der Waals surface area contributed by atoms with Gasteiger partial charge in [0.2, 0.25) is 0 Å². The van der Waals surface area contributed by atoms with E-state index < -0.39 is 0 Å². The Labute approximate surface area is 197 Å². The minimum absolute atomic E-state index is 0.117. The number of hydrogen-bond donors (Lipinski definition) is 1. The molecule has 1 fully saturated rings. The summed E-state index contributed by atoms with van der Waals surface area (Å²) < 4.78 is 6.37. The predicted molar refractivity (Wildman–Crippen MR) is 133 cm³/mol. The molecule has 0 unspecified atom stereocenters. The highest BCUT2D eigenvalue weighted by atomic mass is 32.2. The molecule has 3 heterocycles. The quantitative estimate of drug-likeness (QED) is 0.340. The zero-order valence-electron chi connectivity index (χ0n) is 17.9. The molecule has 1 aliphatic rings. The normalized spacial score (nSPS) is 18.1. The van der Waals surface area contributed by atoms with E-state index >= 15 is 0 Å². The van der Waals surface area contributed by atoms with Crippen LogP contribution in [0.25, 0.3) is 0 Å². The maximum atomic E-state index is 6.37. The van der Waals surface area contributed by atoms with Crippen LogP contribution < -0.4 is 10.2 Å². The fourth-order valence-electron chi connectivity index (χ4n) is 3.90. The molecule has 0 radical (unpaired) electrons. The highest BCUT2D eigenvalue weighted by molar-refractivity contribution is 7.99. The molecule has 0 aliphatic carbocycles. The van der Waals surface area contributed by atoms with Crippen LogP contribution in [0.5, 0.6) is 0 Å². The number of anilines is 1. The van der Waals surface area contributed by atoms with Crippen LogP contribution in [0.1, 0.15) is 34.7 Å². The topological polar surface area (TPSA) is 41.3 Å². The molecule has 6 heteroatoms. The molecular weight excluding hydrogens is 434 g/mol. The van der Waals surface area contributed by atoms with Gasteiger partial charge in [0.1, 0.15) is 11.8 Å². The molecule has 1 aliphatic heterocycles. The number of nitrogens with zero attached hydrogens (tertiary/aromatic N) is 2. The molecular formula is C26H23N3OS2. The molecule has 1 N–H and O–H groups in total. The van der Waals surface area contributed by atoms with Crippen LogP contribution >= 0.6 is 24.0 Å². The lowest BCUT2D eigenvalue weighted by Gasteiger charge is -2.26. The van der Waals surface area contributed by atoms with Gasteiger partial charge in [-0.15, -0.1) is 0 Å². The van der Waals surface area contributed by atoms with Gasteiger partial charge in [-0.1, -0.05) is 53.2 Å². The van der Waals surface area contributed by atoms with E-state index in [1.807, 2.05) is 36.5 Å². The second-order valence-corrected chi connectivity index (χ2v) is 9.37. The van der Waals surface area contributed by atoms with Crippen LogP contribution in [0.3, 0.4) is 0 Å². The lowest BCUT2D eigenvalue weighted by Crippen LogP contribution is -2.29. The van der Waals surface area contributed by atoms with E-state index in [-0.39, 0.29) is 12.1 Å². The number of hydrogen-bond acceptors (Lipinski definition) is 4. The van der Waals surface area contributed by atoms with Crippen molar-refractivity contribution in [1.82, 2.24) is 10.3 Å². The molecule has 2 atom stereocenters. The SMILES string of the molecule is Cc1ccc(Sc2ccc([C@H]3[C@@H](c4ccccn4)NC(=S)N3c3ccc(C)cc3)o2)cc1. The summed E-state index contributed by atoms with van der Waals surface area (Å²) in [5.74, 6) is 0.850. The Hall–Kier alpha value is -3.09. The Morgan fingerprint density at radius 2 is 1.62 bits per heavy atom. The van der Waals surface area contributed by atoms with Gasteiger partial charge in [-0.25, -0.2) is 0 Å². The highest BCUT2D eigenvalue weighted by Crippen LogP contribution is 2.43. The van der Waals surface area contributed by atoms with E-state index in [2.05, 4.69) is 77.6 Å². The molecule has 2 aromatic heterocycles. The first kappa shape index (κ1) is 20.8. The maximum absolute atomic E-state index is 6.37. The number of pyridine rings is 1. The minimum Gasteiger partial charge on any atom is -0.452 e. The summed E-state index contributed by atoms with van der Waals surface area (Å²) in [4.78, 5) is 7.88. The summed E-state index contributed by atoms with van der Waals surface area (Å²) in [5.41, 5.74) is 4.41. The molecule has 0 spiro atoms. The van der Waals surface area contributed by atoms with Gasteiger partial charge < -0.3 is 14.6 Å². The second-order valence-electron chi connectivity index (χ2n) is 7.90. The summed E-state index contributed by atoms with van der Waals surface area (Å²) in [6.07, 6.45) is 1.81. The van der Waals surface area contributed by atoms with E-state index in [0.717, 1.165) is 27.1 Å². The monoisotopic (exact) mass is 457 g/mol. The van der Waals surface area contributed by atoms with Gasteiger partial charge in [-0.2, -0.15) is 0 Å². The van der Waals surface area contributed by atoms with E-state index in [4.69, 9.17) is 16.6 Å². The predicted octanol–water partition coefficient (Wildman–Crippen LogP) is 6.62. The molecule has 4 aromatic rings. The summed E-state index contributed by atoms with van der Waals surface area (Å²) in [6.45, 7) is 4.17. The summed E-state index contributed by atoms with van der Waals surface area (Å²) in [6, 6.07) is 26.6. The molecule has 0 saturated carbocycles. The van der Waals surface area contributed by atoms with Gasteiger partial charge >= 0.3 is 0 Å². The largest absolute Gasteiger partial charge is 0.452 e. The van der Waals surface area contributed by atoms with Gasteiger partial charge in [-0.05, 0) is 74.6 Å². The number of aromatic nitrogens is 1. The van der Waals surface area contributed by atoms with E-state index in [0.29, 0.717) is 5.11 Å². The molecule has 0 amide bonds. The lowest BCUT2D eigenvalue weighted by molar-refractivity contribution is 0.383. The zero-order valence-corrected chi connectivity index (χ0v) is 19.5. The van der Waals surface area contributed by atoms with Gasteiger partial charge in [0, 0.05) is 16.8 Å². The average Bonchev–Trinajstić information content (AvgIpc) is 3.40. The fourth-order valence-corrected chi connectivity index (χ4v) is 5.02. The average molecular weight is 458 g/mol. The van der Waals surface area contributed by atoms with Crippen molar-refractivity contribution in [3.05, 3.63) is 108 Å². The maximum Gasteiger partial charge on any atom is 0.174 e. The Balaban J connectivity index is 1.52. The first-order valence-electron chi connectivity index (χ1n) is 10.5. The minimum atomic E-state index is -0.146. The van der Waals surface area contributed by atoms with Gasteiger partial charge in [0.15, 0.2) is 10.2 Å². The molecule has 5 rings (SSSR count). The Morgan fingerprint density at radius 3 is 2.31 bits per heavy atom. The number of furan rings is 1.